The standard InChI is InChI=1S/C21H24N2O3/c1-14-7-6-8-16(11-14)20(24)23-13-21(2,3)19(22-23)15-9-10-17(25-4)18(12-15)26-5/h6-12H,13H2,1-5H3. The van der Waals surface area contributed by atoms with Crippen molar-refractivity contribution in [2.75, 3.05) is 20.8 Å². The van der Waals surface area contributed by atoms with Crippen molar-refractivity contribution in [1.82, 2.24) is 5.01 Å². The van der Waals surface area contributed by atoms with E-state index in [2.05, 4.69) is 18.9 Å². The normalized spacial score (nSPS) is 15.6. The molecule has 5 nitrogen and oxygen atoms in total. The number of aryl methyl sites for hydroxylation is 1. The van der Waals surface area contributed by atoms with E-state index in [4.69, 9.17) is 9.47 Å². The molecule has 0 saturated heterocycles. The number of hydrogen-bond acceptors (Lipinski definition) is 4. The highest BCUT2D eigenvalue weighted by Crippen LogP contribution is 2.35. The van der Waals surface area contributed by atoms with E-state index in [0.29, 0.717) is 23.6 Å². The first-order chi connectivity index (χ1) is 12.4. The Balaban J connectivity index is 1.96. The van der Waals surface area contributed by atoms with Crippen LogP contribution in [0.5, 0.6) is 11.5 Å². The van der Waals surface area contributed by atoms with Crippen molar-refractivity contribution >= 4 is 11.6 Å². The number of benzene rings is 2. The van der Waals surface area contributed by atoms with Gasteiger partial charge in [0.2, 0.25) is 0 Å². The summed E-state index contributed by atoms with van der Waals surface area (Å²) in [7, 11) is 3.22. The molecule has 1 amide bonds. The number of carbonyl (C=O) groups excluding carboxylic acids is 1. The van der Waals surface area contributed by atoms with Crippen LogP contribution in [0.4, 0.5) is 0 Å². The first-order valence-corrected chi connectivity index (χ1v) is 8.56. The summed E-state index contributed by atoms with van der Waals surface area (Å²) in [6.07, 6.45) is 0. The Kier molecular flexibility index (Phi) is 4.72. The van der Waals surface area contributed by atoms with Crippen LogP contribution in [-0.4, -0.2) is 37.4 Å². The lowest BCUT2D eigenvalue weighted by Crippen LogP contribution is -2.31. The smallest absolute Gasteiger partial charge is 0.274 e. The Morgan fingerprint density at radius 2 is 1.81 bits per heavy atom. The van der Waals surface area contributed by atoms with E-state index < -0.39 is 0 Å². The van der Waals surface area contributed by atoms with E-state index in [0.717, 1.165) is 16.8 Å². The molecule has 0 saturated carbocycles. The van der Waals surface area contributed by atoms with Gasteiger partial charge in [-0.1, -0.05) is 31.5 Å². The maximum atomic E-state index is 12.9. The molecule has 1 heterocycles. The zero-order valence-electron chi connectivity index (χ0n) is 15.9. The monoisotopic (exact) mass is 352 g/mol. The molecule has 26 heavy (non-hydrogen) atoms. The molecule has 0 aliphatic carbocycles. The summed E-state index contributed by atoms with van der Waals surface area (Å²) in [4.78, 5) is 12.9. The van der Waals surface area contributed by atoms with E-state index in [-0.39, 0.29) is 11.3 Å². The zero-order valence-corrected chi connectivity index (χ0v) is 15.9. The van der Waals surface area contributed by atoms with Crippen molar-refractivity contribution in [3.8, 4) is 11.5 Å². The molecule has 136 valence electrons. The maximum absolute atomic E-state index is 12.9. The Bertz CT molecular complexity index is 871. The number of hydrazone groups is 1. The SMILES string of the molecule is COc1ccc(C2=NN(C(=O)c3cccc(C)c3)CC2(C)C)cc1OC. The fraction of sp³-hybridized carbons (Fsp3) is 0.333. The van der Waals surface area contributed by atoms with Gasteiger partial charge in [-0.2, -0.15) is 5.10 Å². The first kappa shape index (κ1) is 18.0. The average Bonchev–Trinajstić information content (AvgIpc) is 2.95. The van der Waals surface area contributed by atoms with Gasteiger partial charge in [0, 0.05) is 16.5 Å². The summed E-state index contributed by atoms with van der Waals surface area (Å²) < 4.78 is 10.7. The van der Waals surface area contributed by atoms with Gasteiger partial charge in [-0.25, -0.2) is 5.01 Å². The summed E-state index contributed by atoms with van der Waals surface area (Å²) in [5.41, 5.74) is 3.22. The fourth-order valence-electron chi connectivity index (χ4n) is 3.22. The van der Waals surface area contributed by atoms with Gasteiger partial charge in [0.25, 0.3) is 5.91 Å². The van der Waals surface area contributed by atoms with Crippen LogP contribution >= 0.6 is 0 Å². The van der Waals surface area contributed by atoms with E-state index in [1.165, 1.54) is 0 Å². The highest BCUT2D eigenvalue weighted by atomic mass is 16.5. The molecular formula is C21H24N2O3. The molecule has 0 aromatic heterocycles. The van der Waals surface area contributed by atoms with Gasteiger partial charge in [0.05, 0.1) is 26.5 Å². The topological polar surface area (TPSA) is 51.1 Å². The molecule has 1 aliphatic rings. The van der Waals surface area contributed by atoms with E-state index in [1.54, 1.807) is 19.2 Å². The van der Waals surface area contributed by atoms with Crippen molar-refractivity contribution in [2.24, 2.45) is 10.5 Å². The largest absolute Gasteiger partial charge is 0.493 e. The van der Waals surface area contributed by atoms with Gasteiger partial charge >= 0.3 is 0 Å². The Morgan fingerprint density at radius 1 is 1.08 bits per heavy atom. The molecule has 1 aliphatic heterocycles. The van der Waals surface area contributed by atoms with Gasteiger partial charge < -0.3 is 9.47 Å². The van der Waals surface area contributed by atoms with Crippen LogP contribution in [0.2, 0.25) is 0 Å². The minimum absolute atomic E-state index is 0.0859. The second kappa shape index (κ2) is 6.83. The van der Waals surface area contributed by atoms with Crippen LogP contribution in [0.1, 0.15) is 35.3 Å². The first-order valence-electron chi connectivity index (χ1n) is 8.56. The molecule has 0 spiro atoms. The predicted octanol–water partition coefficient (Wildman–Crippen LogP) is 3.90. The maximum Gasteiger partial charge on any atom is 0.274 e. The number of amides is 1. The number of rotatable bonds is 4. The highest BCUT2D eigenvalue weighted by molar-refractivity contribution is 6.08. The van der Waals surface area contributed by atoms with E-state index in [9.17, 15) is 4.79 Å². The predicted molar refractivity (Wildman–Crippen MR) is 102 cm³/mol. The summed E-state index contributed by atoms with van der Waals surface area (Å²) in [5.74, 6) is 1.23. The molecule has 0 radical (unpaired) electrons. The van der Waals surface area contributed by atoms with Crippen molar-refractivity contribution < 1.29 is 14.3 Å². The van der Waals surface area contributed by atoms with Crippen LogP contribution in [-0.2, 0) is 0 Å². The molecule has 2 aromatic rings. The van der Waals surface area contributed by atoms with Gasteiger partial charge in [0.1, 0.15) is 0 Å². The van der Waals surface area contributed by atoms with E-state index >= 15 is 0 Å². The van der Waals surface area contributed by atoms with Crippen LogP contribution in [0.25, 0.3) is 0 Å². The molecule has 2 aromatic carbocycles. The van der Waals surface area contributed by atoms with Gasteiger partial charge in [-0.3, -0.25) is 4.79 Å². The number of carbonyl (C=O) groups is 1. The average molecular weight is 352 g/mol. The summed E-state index contributed by atoms with van der Waals surface area (Å²) in [6, 6.07) is 13.3. The lowest BCUT2D eigenvalue weighted by atomic mass is 9.84. The van der Waals surface area contributed by atoms with Gasteiger partial charge in [0.15, 0.2) is 11.5 Å². The van der Waals surface area contributed by atoms with E-state index in [1.807, 2.05) is 49.4 Å². The fourth-order valence-corrected chi connectivity index (χ4v) is 3.22. The van der Waals surface area contributed by atoms with Gasteiger partial charge in [-0.15, -0.1) is 0 Å². The van der Waals surface area contributed by atoms with Crippen LogP contribution < -0.4 is 9.47 Å². The molecule has 0 fully saturated rings. The Labute approximate surface area is 154 Å². The summed E-state index contributed by atoms with van der Waals surface area (Å²) >= 11 is 0. The molecule has 0 unspecified atom stereocenters. The number of nitrogens with zero attached hydrogens (tertiary/aromatic N) is 2. The lowest BCUT2D eigenvalue weighted by molar-refractivity contribution is 0.0753. The van der Waals surface area contributed by atoms with Crippen molar-refractivity contribution in [1.29, 1.82) is 0 Å². The van der Waals surface area contributed by atoms with Crippen LogP contribution in [0.15, 0.2) is 47.6 Å². The number of methoxy groups -OCH3 is 2. The molecule has 3 rings (SSSR count). The second-order valence-electron chi connectivity index (χ2n) is 7.13. The molecule has 5 heteroatoms. The quantitative estimate of drug-likeness (QED) is 0.838. The second-order valence-corrected chi connectivity index (χ2v) is 7.13. The van der Waals surface area contributed by atoms with Crippen LogP contribution in [0.3, 0.4) is 0 Å². The molecule has 0 atom stereocenters. The minimum atomic E-state index is -0.265. The van der Waals surface area contributed by atoms with Crippen molar-refractivity contribution in [3.05, 3.63) is 59.2 Å². The third-order valence-corrected chi connectivity index (χ3v) is 4.56. The number of ether oxygens (including phenoxy) is 2. The van der Waals surface area contributed by atoms with Crippen molar-refractivity contribution in [2.45, 2.75) is 20.8 Å². The third kappa shape index (κ3) is 3.29. The molecular weight excluding hydrogens is 328 g/mol. The summed E-state index contributed by atoms with van der Waals surface area (Å²) in [6.45, 7) is 6.69. The van der Waals surface area contributed by atoms with Crippen LogP contribution in [0, 0.1) is 12.3 Å². The third-order valence-electron chi connectivity index (χ3n) is 4.56. The molecule has 0 bridgehead atoms. The zero-order chi connectivity index (χ0) is 18.9. The Morgan fingerprint density at radius 3 is 2.46 bits per heavy atom. The molecule has 0 N–H and O–H groups in total. The number of hydrogen-bond donors (Lipinski definition) is 0. The minimum Gasteiger partial charge on any atom is -0.493 e. The van der Waals surface area contributed by atoms with Crippen molar-refractivity contribution in [3.63, 3.8) is 0 Å². The highest BCUT2D eigenvalue weighted by Gasteiger charge is 2.38. The summed E-state index contributed by atoms with van der Waals surface area (Å²) in [5, 5.41) is 6.21. The van der Waals surface area contributed by atoms with Gasteiger partial charge in [-0.05, 0) is 37.3 Å². The Hall–Kier alpha value is -2.82. The lowest BCUT2D eigenvalue weighted by Gasteiger charge is -2.21.